The van der Waals surface area contributed by atoms with Crippen molar-refractivity contribution >= 4 is 51.7 Å². The molecule has 2 aromatic heterocycles. The van der Waals surface area contributed by atoms with Crippen molar-refractivity contribution in [2.75, 3.05) is 0 Å². The first kappa shape index (κ1) is 18.1. The lowest BCUT2D eigenvalue weighted by Crippen LogP contribution is -2.23. The van der Waals surface area contributed by atoms with E-state index in [1.54, 1.807) is 30.3 Å². The molecule has 0 radical (unpaired) electrons. The fraction of sp³-hybridized carbons (Fsp3) is 0. The van der Waals surface area contributed by atoms with Crippen LogP contribution in [0.5, 0.6) is 0 Å². The number of nitro groups is 1. The van der Waals surface area contributed by atoms with Gasteiger partial charge in [0.2, 0.25) is 0 Å². The van der Waals surface area contributed by atoms with Crippen LogP contribution < -0.4 is 5.56 Å². The minimum Gasteiger partial charge on any atom is -0.268 e. The zero-order chi connectivity index (χ0) is 19.7. The van der Waals surface area contributed by atoms with Crippen LogP contribution in [0.1, 0.15) is 10.7 Å². The highest BCUT2D eigenvalue weighted by Gasteiger charge is 2.20. The lowest BCUT2D eigenvalue weighted by Gasteiger charge is -2.12. The molecule has 0 saturated carbocycles. The van der Waals surface area contributed by atoms with Gasteiger partial charge in [0.25, 0.3) is 11.2 Å². The summed E-state index contributed by atoms with van der Waals surface area (Å²) in [4.78, 5) is 29.8. The normalized spacial score (nSPS) is 11.3. The summed E-state index contributed by atoms with van der Waals surface area (Å²) in [5, 5.41) is 14.1. The molecule has 6 nitrogen and oxygen atoms in total. The standard InChI is InChI=1S/C20H12ClN3O3S/c21-13-7-9-17(18(12-13)24(26)27)23-19(10-8-14-4-3-11-28-14)22-16-6-2-1-5-15(16)20(23)25/h1-12H/b10-8+. The molecule has 138 valence electrons. The molecule has 0 saturated heterocycles. The summed E-state index contributed by atoms with van der Waals surface area (Å²) in [6.45, 7) is 0. The van der Waals surface area contributed by atoms with Crippen molar-refractivity contribution in [2.24, 2.45) is 0 Å². The van der Waals surface area contributed by atoms with Crippen LogP contribution in [0.25, 0.3) is 28.7 Å². The molecule has 0 aliphatic carbocycles. The van der Waals surface area contributed by atoms with Crippen molar-refractivity contribution in [3.8, 4) is 5.69 Å². The number of thiophene rings is 1. The van der Waals surface area contributed by atoms with E-state index < -0.39 is 4.92 Å². The van der Waals surface area contributed by atoms with Crippen LogP contribution in [0, 0.1) is 10.1 Å². The second kappa shape index (κ2) is 7.38. The highest BCUT2D eigenvalue weighted by Crippen LogP contribution is 2.27. The largest absolute Gasteiger partial charge is 0.294 e. The first-order chi connectivity index (χ1) is 13.5. The second-order valence-corrected chi connectivity index (χ2v) is 7.28. The average molecular weight is 410 g/mol. The van der Waals surface area contributed by atoms with Crippen LogP contribution in [0.3, 0.4) is 0 Å². The summed E-state index contributed by atoms with van der Waals surface area (Å²) in [5.74, 6) is 0.294. The molecule has 2 aromatic carbocycles. The molecular formula is C20H12ClN3O3S. The first-order valence-electron chi connectivity index (χ1n) is 8.22. The Bertz CT molecular complexity index is 1280. The summed E-state index contributed by atoms with van der Waals surface area (Å²) in [6.07, 6.45) is 3.50. The maximum absolute atomic E-state index is 13.2. The molecule has 0 unspecified atom stereocenters. The molecular weight excluding hydrogens is 398 g/mol. The zero-order valence-electron chi connectivity index (χ0n) is 14.3. The fourth-order valence-corrected chi connectivity index (χ4v) is 3.65. The molecule has 0 atom stereocenters. The predicted octanol–water partition coefficient (Wildman–Crippen LogP) is 5.18. The molecule has 2 heterocycles. The van der Waals surface area contributed by atoms with E-state index in [-0.39, 0.29) is 22.0 Å². The summed E-state index contributed by atoms with van der Waals surface area (Å²) < 4.78 is 1.25. The van der Waals surface area contributed by atoms with Crippen LogP contribution in [0.15, 0.2) is 64.8 Å². The van der Waals surface area contributed by atoms with Gasteiger partial charge in [-0.2, -0.15) is 0 Å². The molecule has 4 aromatic rings. The van der Waals surface area contributed by atoms with Gasteiger partial charge in [-0.3, -0.25) is 19.5 Å². The Morgan fingerprint density at radius 1 is 1.11 bits per heavy atom. The maximum atomic E-state index is 13.2. The van der Waals surface area contributed by atoms with Crippen LogP contribution in [-0.4, -0.2) is 14.5 Å². The predicted molar refractivity (Wildman–Crippen MR) is 112 cm³/mol. The van der Waals surface area contributed by atoms with Gasteiger partial charge in [-0.25, -0.2) is 4.98 Å². The smallest absolute Gasteiger partial charge is 0.268 e. The zero-order valence-corrected chi connectivity index (χ0v) is 15.9. The highest BCUT2D eigenvalue weighted by molar-refractivity contribution is 7.10. The van der Waals surface area contributed by atoms with Crippen molar-refractivity contribution in [3.63, 3.8) is 0 Å². The van der Waals surface area contributed by atoms with E-state index in [0.717, 1.165) is 4.88 Å². The van der Waals surface area contributed by atoms with E-state index in [2.05, 4.69) is 4.98 Å². The minimum absolute atomic E-state index is 0.114. The molecule has 0 aliphatic rings. The van der Waals surface area contributed by atoms with E-state index in [9.17, 15) is 14.9 Å². The quantitative estimate of drug-likeness (QED) is 0.343. The van der Waals surface area contributed by atoms with Gasteiger partial charge in [-0.1, -0.05) is 29.8 Å². The van der Waals surface area contributed by atoms with Gasteiger partial charge >= 0.3 is 0 Å². The lowest BCUT2D eigenvalue weighted by molar-refractivity contribution is -0.384. The molecule has 0 spiro atoms. The van der Waals surface area contributed by atoms with Gasteiger partial charge in [0.05, 0.1) is 15.8 Å². The van der Waals surface area contributed by atoms with E-state index in [4.69, 9.17) is 11.6 Å². The van der Waals surface area contributed by atoms with Crippen molar-refractivity contribution in [2.45, 2.75) is 0 Å². The van der Waals surface area contributed by atoms with E-state index in [1.165, 1.54) is 34.1 Å². The van der Waals surface area contributed by atoms with E-state index >= 15 is 0 Å². The number of fused-ring (bicyclic) bond motifs is 1. The number of nitrogens with zero attached hydrogens (tertiary/aromatic N) is 3. The van der Waals surface area contributed by atoms with Crippen LogP contribution in [0.4, 0.5) is 5.69 Å². The monoisotopic (exact) mass is 409 g/mol. The average Bonchev–Trinajstić information content (AvgIpc) is 3.20. The molecule has 4 rings (SSSR count). The summed E-state index contributed by atoms with van der Waals surface area (Å²) >= 11 is 7.47. The number of hydrogen-bond donors (Lipinski definition) is 0. The number of aromatic nitrogens is 2. The minimum atomic E-state index is -0.560. The third-order valence-corrected chi connectivity index (χ3v) is 5.19. The third kappa shape index (κ3) is 3.33. The lowest BCUT2D eigenvalue weighted by atomic mass is 10.2. The number of rotatable bonds is 4. The van der Waals surface area contributed by atoms with Gasteiger partial charge in [0.15, 0.2) is 0 Å². The number of para-hydroxylation sites is 1. The molecule has 0 N–H and O–H groups in total. The first-order valence-corrected chi connectivity index (χ1v) is 9.48. The Balaban J connectivity index is 2.04. The number of benzene rings is 2. The van der Waals surface area contributed by atoms with Crippen LogP contribution in [-0.2, 0) is 0 Å². The van der Waals surface area contributed by atoms with Crippen molar-refractivity contribution in [1.82, 2.24) is 9.55 Å². The van der Waals surface area contributed by atoms with E-state index in [1.807, 2.05) is 23.6 Å². The summed E-state index contributed by atoms with van der Waals surface area (Å²) in [6, 6.07) is 14.9. The van der Waals surface area contributed by atoms with Crippen molar-refractivity contribution in [3.05, 3.63) is 96.2 Å². The van der Waals surface area contributed by atoms with Crippen LogP contribution >= 0.6 is 22.9 Å². The Kier molecular flexibility index (Phi) is 4.77. The fourth-order valence-electron chi connectivity index (χ4n) is 2.87. The third-order valence-electron chi connectivity index (χ3n) is 4.12. The van der Waals surface area contributed by atoms with Crippen LogP contribution in [0.2, 0.25) is 5.02 Å². The molecule has 28 heavy (non-hydrogen) atoms. The number of hydrogen-bond acceptors (Lipinski definition) is 5. The second-order valence-electron chi connectivity index (χ2n) is 5.87. The number of halogens is 1. The highest BCUT2D eigenvalue weighted by atomic mass is 35.5. The van der Waals surface area contributed by atoms with Gasteiger partial charge in [0, 0.05) is 16.0 Å². The van der Waals surface area contributed by atoms with E-state index in [0.29, 0.717) is 16.7 Å². The molecule has 0 bridgehead atoms. The summed E-state index contributed by atoms with van der Waals surface area (Å²) in [7, 11) is 0. The Labute approximate surface area is 168 Å². The molecule has 0 aliphatic heterocycles. The molecule has 0 fully saturated rings. The van der Waals surface area contributed by atoms with Crippen molar-refractivity contribution < 1.29 is 4.92 Å². The van der Waals surface area contributed by atoms with Gasteiger partial charge in [-0.05, 0) is 47.9 Å². The number of nitro benzene ring substituents is 1. The molecule has 8 heteroatoms. The maximum Gasteiger partial charge on any atom is 0.294 e. The summed E-state index contributed by atoms with van der Waals surface area (Å²) in [5.41, 5.74) is -0.0195. The van der Waals surface area contributed by atoms with Crippen molar-refractivity contribution in [1.29, 1.82) is 0 Å². The Morgan fingerprint density at radius 3 is 2.68 bits per heavy atom. The topological polar surface area (TPSA) is 78.0 Å². The SMILES string of the molecule is O=c1c2ccccc2nc(/C=C/c2cccs2)n1-c1ccc(Cl)cc1[N+](=O)[O-]. The van der Waals surface area contributed by atoms with Gasteiger partial charge < -0.3 is 0 Å². The Morgan fingerprint density at radius 2 is 1.93 bits per heavy atom. The van der Waals surface area contributed by atoms with Gasteiger partial charge in [0.1, 0.15) is 11.5 Å². The Hall–Kier alpha value is -3.29. The molecule has 0 amide bonds. The van der Waals surface area contributed by atoms with Gasteiger partial charge in [-0.15, -0.1) is 11.3 Å².